The van der Waals surface area contributed by atoms with E-state index in [-0.39, 0.29) is 22.4 Å². The van der Waals surface area contributed by atoms with Gasteiger partial charge < -0.3 is 15.3 Å². The van der Waals surface area contributed by atoms with Crippen LogP contribution >= 0.6 is 0 Å². The zero-order valence-electron chi connectivity index (χ0n) is 15.5. The maximum atomic E-state index is 12.5. The molecule has 2 rings (SSSR count). The van der Waals surface area contributed by atoms with E-state index in [1.165, 1.54) is 26.8 Å². The first-order chi connectivity index (χ1) is 12.6. The van der Waals surface area contributed by atoms with Crippen molar-refractivity contribution >= 4 is 29.3 Å². The van der Waals surface area contributed by atoms with Crippen molar-refractivity contribution < 1.29 is 29.0 Å². The normalized spacial score (nSPS) is 15.2. The number of aliphatic hydroxyl groups excluding tert-OH is 1. The number of ketones is 1. The molecule has 1 aliphatic heterocycles. The molecule has 1 aromatic carbocycles. The van der Waals surface area contributed by atoms with Crippen molar-refractivity contribution in [1.29, 1.82) is 5.41 Å². The number of amides is 2. The van der Waals surface area contributed by atoms with Crippen molar-refractivity contribution in [3.63, 3.8) is 0 Å². The third kappa shape index (κ3) is 3.79. The van der Waals surface area contributed by atoms with Crippen molar-refractivity contribution in [3.8, 4) is 0 Å². The minimum Gasteiger partial charge on any atom is -0.508 e. The molecule has 0 saturated carbocycles. The van der Waals surface area contributed by atoms with Crippen LogP contribution in [0.15, 0.2) is 29.5 Å². The van der Waals surface area contributed by atoms with Gasteiger partial charge in [0.05, 0.1) is 16.7 Å². The lowest BCUT2D eigenvalue weighted by Crippen LogP contribution is -2.43. The molecular weight excluding hydrogens is 352 g/mol. The van der Waals surface area contributed by atoms with Gasteiger partial charge in [-0.2, -0.15) is 0 Å². The summed E-state index contributed by atoms with van der Waals surface area (Å²) in [5.41, 5.74) is 0.833. The summed E-state index contributed by atoms with van der Waals surface area (Å²) in [6.45, 7) is 4.97. The zero-order valence-corrected chi connectivity index (χ0v) is 15.5. The van der Waals surface area contributed by atoms with E-state index in [2.05, 4.69) is 0 Å². The monoisotopic (exact) mass is 372 g/mol. The zero-order chi connectivity index (χ0) is 20.5. The number of hydrogen-bond donors (Lipinski definition) is 2. The summed E-state index contributed by atoms with van der Waals surface area (Å²) in [5, 5.41) is 17.4. The van der Waals surface area contributed by atoms with E-state index in [9.17, 15) is 24.3 Å². The van der Waals surface area contributed by atoms with Crippen LogP contribution in [-0.2, 0) is 14.3 Å². The number of allylic oxidation sites excluding steroid dienone is 1. The molecule has 2 N–H and O–H groups in total. The molecule has 1 atom stereocenters. The van der Waals surface area contributed by atoms with Crippen molar-refractivity contribution in [2.75, 3.05) is 6.61 Å². The summed E-state index contributed by atoms with van der Waals surface area (Å²) in [6, 6.07) is 3.59. The highest BCUT2D eigenvalue weighted by Crippen LogP contribution is 2.26. The molecule has 0 aromatic heterocycles. The summed E-state index contributed by atoms with van der Waals surface area (Å²) >= 11 is 0. The van der Waals surface area contributed by atoms with Crippen LogP contribution in [0.1, 0.15) is 47.1 Å². The number of aryl methyl sites for hydroxylation is 1. The number of Topliss-reactive ketones (excluding diaryl/α,β-unsaturated/α-hetero) is 1. The third-order valence-corrected chi connectivity index (χ3v) is 4.17. The highest BCUT2D eigenvalue weighted by Gasteiger charge is 2.41. The van der Waals surface area contributed by atoms with Crippen LogP contribution in [0.5, 0.6) is 0 Å². The molecule has 0 saturated heterocycles. The van der Waals surface area contributed by atoms with Crippen molar-refractivity contribution in [3.05, 3.63) is 46.2 Å². The first kappa shape index (κ1) is 20.0. The quantitative estimate of drug-likeness (QED) is 0.259. The molecule has 1 aromatic rings. The topological polar surface area (TPSA) is 125 Å². The smallest absolute Gasteiger partial charge is 0.329 e. The van der Waals surface area contributed by atoms with Gasteiger partial charge in [0.25, 0.3) is 11.8 Å². The summed E-state index contributed by atoms with van der Waals surface area (Å²) < 4.78 is 4.94. The number of carbonyl (C=O) groups is 4. The molecule has 8 nitrogen and oxygen atoms in total. The molecule has 0 radical (unpaired) electrons. The molecule has 0 spiro atoms. The largest absolute Gasteiger partial charge is 0.508 e. The van der Waals surface area contributed by atoms with Gasteiger partial charge in [-0.15, -0.1) is 0 Å². The van der Waals surface area contributed by atoms with E-state index in [1.54, 1.807) is 19.1 Å². The van der Waals surface area contributed by atoms with Crippen molar-refractivity contribution in [1.82, 2.24) is 4.90 Å². The molecule has 2 amide bonds. The van der Waals surface area contributed by atoms with Crippen molar-refractivity contribution in [2.45, 2.75) is 33.7 Å². The Morgan fingerprint density at radius 2 is 1.78 bits per heavy atom. The number of imide groups is 1. The minimum atomic E-state index is -1.22. The molecular formula is C19H20N2O6. The molecule has 0 bridgehead atoms. The Morgan fingerprint density at radius 1 is 1.19 bits per heavy atom. The third-order valence-electron chi connectivity index (χ3n) is 4.17. The van der Waals surface area contributed by atoms with Gasteiger partial charge in [0.15, 0.2) is 5.78 Å². The molecule has 0 fully saturated rings. The summed E-state index contributed by atoms with van der Waals surface area (Å²) in [5.74, 6) is -3.21. The second-order valence-electron chi connectivity index (χ2n) is 6.32. The maximum Gasteiger partial charge on any atom is 0.329 e. The van der Waals surface area contributed by atoms with E-state index in [0.29, 0.717) is 0 Å². The lowest BCUT2D eigenvalue weighted by molar-refractivity contribution is -0.147. The highest BCUT2D eigenvalue weighted by atomic mass is 16.5. The Kier molecular flexibility index (Phi) is 5.58. The van der Waals surface area contributed by atoms with Gasteiger partial charge in [-0.1, -0.05) is 11.6 Å². The number of esters is 1. The Bertz CT molecular complexity index is 883. The van der Waals surface area contributed by atoms with E-state index in [1.807, 2.05) is 0 Å². The Labute approximate surface area is 155 Å². The van der Waals surface area contributed by atoms with Gasteiger partial charge in [0.2, 0.25) is 0 Å². The summed E-state index contributed by atoms with van der Waals surface area (Å²) in [7, 11) is 0. The van der Waals surface area contributed by atoms with E-state index in [0.717, 1.165) is 10.5 Å². The fourth-order valence-corrected chi connectivity index (χ4v) is 2.85. The average molecular weight is 372 g/mol. The van der Waals surface area contributed by atoms with Gasteiger partial charge in [0, 0.05) is 5.71 Å². The Hall–Kier alpha value is -3.29. The number of hydrogen-bond acceptors (Lipinski definition) is 7. The highest BCUT2D eigenvalue weighted by molar-refractivity contribution is 6.22. The molecule has 27 heavy (non-hydrogen) atoms. The lowest BCUT2D eigenvalue weighted by atomic mass is 10.1. The number of aliphatic hydroxyl groups is 1. The van der Waals surface area contributed by atoms with E-state index >= 15 is 0 Å². The molecule has 1 unspecified atom stereocenters. The molecule has 8 heteroatoms. The first-order valence-electron chi connectivity index (χ1n) is 8.20. The van der Waals surface area contributed by atoms with Crippen molar-refractivity contribution in [2.24, 2.45) is 0 Å². The fourth-order valence-electron chi connectivity index (χ4n) is 2.85. The van der Waals surface area contributed by atoms with Crippen LogP contribution in [0.25, 0.3) is 0 Å². The average Bonchev–Trinajstić information content (AvgIpc) is 2.81. The first-order valence-corrected chi connectivity index (χ1v) is 8.20. The van der Waals surface area contributed by atoms with Gasteiger partial charge in [-0.25, -0.2) is 4.79 Å². The molecule has 0 aliphatic carbocycles. The maximum absolute atomic E-state index is 12.5. The Morgan fingerprint density at radius 3 is 2.33 bits per heavy atom. The van der Waals surface area contributed by atoms with E-state index < -0.39 is 42.0 Å². The SMILES string of the molecule is CC(=N)/C(C(C)=O)=C(/O)COC(=O)C(C)N1C(=O)c2ccc(C)cc2C1=O. The van der Waals surface area contributed by atoms with Crippen LogP contribution in [0.4, 0.5) is 0 Å². The molecule has 142 valence electrons. The van der Waals surface area contributed by atoms with E-state index in [4.69, 9.17) is 10.1 Å². The molecule has 1 aliphatic rings. The predicted molar refractivity (Wildman–Crippen MR) is 95.8 cm³/mol. The van der Waals surface area contributed by atoms with Gasteiger partial charge in [-0.05, 0) is 39.8 Å². The number of nitrogens with one attached hydrogen (secondary N) is 1. The number of benzene rings is 1. The van der Waals surface area contributed by atoms with Crippen LogP contribution < -0.4 is 0 Å². The van der Waals surface area contributed by atoms with Gasteiger partial charge in [0.1, 0.15) is 18.4 Å². The second-order valence-corrected chi connectivity index (χ2v) is 6.32. The van der Waals surface area contributed by atoms with Gasteiger partial charge >= 0.3 is 5.97 Å². The van der Waals surface area contributed by atoms with Crippen LogP contribution in [-0.4, -0.2) is 51.9 Å². The fraction of sp³-hybridized carbons (Fsp3) is 0.316. The molecule has 1 heterocycles. The minimum absolute atomic E-state index is 0.167. The predicted octanol–water partition coefficient (Wildman–Crippen LogP) is 1.96. The number of nitrogens with zero attached hydrogens (tertiary/aromatic N) is 1. The second kappa shape index (κ2) is 7.53. The number of carbonyl (C=O) groups excluding carboxylic acids is 4. The number of rotatable bonds is 6. The lowest BCUT2D eigenvalue weighted by Gasteiger charge is -2.21. The summed E-state index contributed by atoms with van der Waals surface area (Å²) in [6.07, 6.45) is 0. The van der Waals surface area contributed by atoms with Crippen LogP contribution in [0.2, 0.25) is 0 Å². The van der Waals surface area contributed by atoms with Crippen LogP contribution in [0, 0.1) is 12.3 Å². The Balaban J connectivity index is 2.16. The number of fused-ring (bicyclic) bond motifs is 1. The van der Waals surface area contributed by atoms with Crippen LogP contribution in [0.3, 0.4) is 0 Å². The standard InChI is InChI=1S/C19H20N2O6/c1-9-5-6-13-14(7-9)18(25)21(17(13)24)11(3)19(26)27-8-15(23)16(10(2)20)12(4)22/h5-7,11,20,23H,8H2,1-4H3/b16-15-,20-10?. The summed E-state index contributed by atoms with van der Waals surface area (Å²) in [4.78, 5) is 49.5. The number of ether oxygens (including phenoxy) is 1. The van der Waals surface area contributed by atoms with Gasteiger partial charge in [-0.3, -0.25) is 19.3 Å².